The summed E-state index contributed by atoms with van der Waals surface area (Å²) < 4.78 is 0. The lowest BCUT2D eigenvalue weighted by Crippen LogP contribution is -1.89. The number of benzene rings is 1. The molecule has 1 aromatic rings. The van der Waals surface area contributed by atoms with Crippen molar-refractivity contribution >= 4 is 11.4 Å². The fourth-order valence-electron chi connectivity index (χ4n) is 1.95. The SMILES string of the molecule is CCc1ccccc1C1=CC(=O)CC1. The van der Waals surface area contributed by atoms with Crippen LogP contribution in [0.5, 0.6) is 0 Å². The third-order valence-corrected chi connectivity index (χ3v) is 2.72. The van der Waals surface area contributed by atoms with Gasteiger partial charge in [-0.3, -0.25) is 4.79 Å². The topological polar surface area (TPSA) is 17.1 Å². The van der Waals surface area contributed by atoms with Crippen LogP contribution in [0.15, 0.2) is 30.3 Å². The Balaban J connectivity index is 2.41. The van der Waals surface area contributed by atoms with Crippen molar-refractivity contribution in [1.29, 1.82) is 0 Å². The minimum Gasteiger partial charge on any atom is -0.295 e. The molecule has 1 nitrogen and oxygen atoms in total. The van der Waals surface area contributed by atoms with Crippen LogP contribution in [0.2, 0.25) is 0 Å². The largest absolute Gasteiger partial charge is 0.295 e. The molecule has 2 rings (SSSR count). The van der Waals surface area contributed by atoms with Crippen molar-refractivity contribution in [1.82, 2.24) is 0 Å². The van der Waals surface area contributed by atoms with Gasteiger partial charge in [0, 0.05) is 6.42 Å². The van der Waals surface area contributed by atoms with Gasteiger partial charge in [0.1, 0.15) is 0 Å². The Morgan fingerprint density at radius 3 is 2.64 bits per heavy atom. The molecule has 1 heteroatoms. The highest BCUT2D eigenvalue weighted by Crippen LogP contribution is 2.28. The predicted octanol–water partition coefficient (Wildman–Crippen LogP) is 3.00. The minimum atomic E-state index is 0.269. The van der Waals surface area contributed by atoms with Crippen LogP contribution in [0.4, 0.5) is 0 Å². The number of aryl methyl sites for hydroxylation is 1. The van der Waals surface area contributed by atoms with E-state index in [9.17, 15) is 4.79 Å². The molecule has 72 valence electrons. The molecule has 0 fully saturated rings. The summed E-state index contributed by atoms with van der Waals surface area (Å²) in [6.07, 6.45) is 4.43. The van der Waals surface area contributed by atoms with Crippen molar-refractivity contribution in [3.8, 4) is 0 Å². The Hall–Kier alpha value is -1.37. The third kappa shape index (κ3) is 1.63. The third-order valence-electron chi connectivity index (χ3n) is 2.72. The van der Waals surface area contributed by atoms with Gasteiger partial charge in [0.25, 0.3) is 0 Å². The summed E-state index contributed by atoms with van der Waals surface area (Å²) in [5.41, 5.74) is 3.82. The molecule has 0 bridgehead atoms. The molecule has 0 saturated heterocycles. The van der Waals surface area contributed by atoms with Gasteiger partial charge in [-0.05, 0) is 35.6 Å². The first-order chi connectivity index (χ1) is 6.81. The molecule has 0 unspecified atom stereocenters. The molecule has 1 aromatic carbocycles. The lowest BCUT2D eigenvalue weighted by atomic mass is 9.98. The number of hydrogen-bond acceptors (Lipinski definition) is 1. The molecule has 0 saturated carbocycles. The van der Waals surface area contributed by atoms with Crippen molar-refractivity contribution in [2.45, 2.75) is 26.2 Å². The van der Waals surface area contributed by atoms with Crippen LogP contribution in [0.3, 0.4) is 0 Å². The number of hydrogen-bond donors (Lipinski definition) is 0. The normalized spacial score (nSPS) is 15.8. The molecular formula is C13H14O. The molecule has 0 atom stereocenters. The van der Waals surface area contributed by atoms with Crippen LogP contribution in [-0.2, 0) is 11.2 Å². The van der Waals surface area contributed by atoms with Crippen molar-refractivity contribution < 1.29 is 4.79 Å². The maximum absolute atomic E-state index is 11.2. The van der Waals surface area contributed by atoms with Crippen LogP contribution in [0, 0.1) is 0 Å². The quantitative estimate of drug-likeness (QED) is 0.694. The zero-order chi connectivity index (χ0) is 9.97. The minimum absolute atomic E-state index is 0.269. The standard InChI is InChI=1S/C13H14O/c1-2-10-5-3-4-6-13(10)11-7-8-12(14)9-11/h3-6,9H,2,7-8H2,1H3. The van der Waals surface area contributed by atoms with Crippen molar-refractivity contribution in [3.63, 3.8) is 0 Å². The van der Waals surface area contributed by atoms with Gasteiger partial charge in [-0.25, -0.2) is 0 Å². The Kier molecular flexibility index (Phi) is 2.49. The summed E-state index contributed by atoms with van der Waals surface area (Å²) in [5.74, 6) is 0.269. The van der Waals surface area contributed by atoms with Gasteiger partial charge in [-0.1, -0.05) is 31.2 Å². The van der Waals surface area contributed by atoms with Crippen LogP contribution >= 0.6 is 0 Å². The Morgan fingerprint density at radius 2 is 2.00 bits per heavy atom. The highest BCUT2D eigenvalue weighted by atomic mass is 16.1. The smallest absolute Gasteiger partial charge is 0.156 e. The van der Waals surface area contributed by atoms with E-state index in [0.29, 0.717) is 6.42 Å². The van der Waals surface area contributed by atoms with E-state index in [1.165, 1.54) is 16.7 Å². The maximum atomic E-state index is 11.2. The lowest BCUT2D eigenvalue weighted by molar-refractivity contribution is -0.114. The molecule has 0 amide bonds. The van der Waals surface area contributed by atoms with E-state index in [4.69, 9.17) is 0 Å². The summed E-state index contributed by atoms with van der Waals surface area (Å²) in [6, 6.07) is 8.35. The average Bonchev–Trinajstić information content (AvgIpc) is 2.65. The van der Waals surface area contributed by atoms with E-state index in [1.54, 1.807) is 6.08 Å². The van der Waals surface area contributed by atoms with Crippen LogP contribution in [0.25, 0.3) is 5.57 Å². The van der Waals surface area contributed by atoms with Crippen molar-refractivity contribution in [2.75, 3.05) is 0 Å². The van der Waals surface area contributed by atoms with Crippen LogP contribution < -0.4 is 0 Å². The first kappa shape index (κ1) is 9.20. The van der Waals surface area contributed by atoms with Gasteiger partial charge < -0.3 is 0 Å². The van der Waals surface area contributed by atoms with Gasteiger partial charge >= 0.3 is 0 Å². The number of ketones is 1. The van der Waals surface area contributed by atoms with E-state index in [-0.39, 0.29) is 5.78 Å². The molecule has 0 spiro atoms. The molecule has 0 aliphatic heterocycles. The average molecular weight is 186 g/mol. The second kappa shape index (κ2) is 3.79. The Labute approximate surface area is 84.5 Å². The highest BCUT2D eigenvalue weighted by Gasteiger charge is 2.14. The van der Waals surface area contributed by atoms with E-state index < -0.39 is 0 Å². The van der Waals surface area contributed by atoms with Gasteiger partial charge in [0.15, 0.2) is 5.78 Å². The van der Waals surface area contributed by atoms with Gasteiger partial charge in [0.2, 0.25) is 0 Å². The van der Waals surface area contributed by atoms with Gasteiger partial charge in [-0.2, -0.15) is 0 Å². The zero-order valence-corrected chi connectivity index (χ0v) is 8.42. The highest BCUT2D eigenvalue weighted by molar-refractivity contribution is 6.01. The lowest BCUT2D eigenvalue weighted by Gasteiger charge is -2.07. The number of rotatable bonds is 2. The summed E-state index contributed by atoms with van der Waals surface area (Å²) >= 11 is 0. The fourth-order valence-corrected chi connectivity index (χ4v) is 1.95. The summed E-state index contributed by atoms with van der Waals surface area (Å²) in [7, 11) is 0. The van der Waals surface area contributed by atoms with Gasteiger partial charge in [-0.15, -0.1) is 0 Å². The molecule has 1 aliphatic carbocycles. The van der Waals surface area contributed by atoms with Crippen LogP contribution in [-0.4, -0.2) is 5.78 Å². The molecular weight excluding hydrogens is 172 g/mol. The zero-order valence-electron chi connectivity index (χ0n) is 8.42. The summed E-state index contributed by atoms with van der Waals surface area (Å²) in [5, 5.41) is 0. The number of carbonyl (C=O) groups excluding carboxylic acids is 1. The Bertz CT molecular complexity index is 388. The molecule has 14 heavy (non-hydrogen) atoms. The van der Waals surface area contributed by atoms with Crippen molar-refractivity contribution in [3.05, 3.63) is 41.5 Å². The molecule has 0 aromatic heterocycles. The second-order valence-electron chi connectivity index (χ2n) is 3.65. The molecule has 0 radical (unpaired) electrons. The maximum Gasteiger partial charge on any atom is 0.156 e. The summed E-state index contributed by atoms with van der Waals surface area (Å²) in [4.78, 5) is 11.2. The predicted molar refractivity (Wildman–Crippen MR) is 58.0 cm³/mol. The van der Waals surface area contributed by atoms with E-state index in [2.05, 4.69) is 25.1 Å². The molecule has 0 heterocycles. The van der Waals surface area contributed by atoms with E-state index in [0.717, 1.165) is 12.8 Å². The number of allylic oxidation sites excluding steroid dienone is 2. The molecule has 0 N–H and O–H groups in total. The molecule has 1 aliphatic rings. The fraction of sp³-hybridized carbons (Fsp3) is 0.308. The van der Waals surface area contributed by atoms with Crippen molar-refractivity contribution in [2.24, 2.45) is 0 Å². The monoisotopic (exact) mass is 186 g/mol. The number of carbonyl (C=O) groups is 1. The van der Waals surface area contributed by atoms with E-state index in [1.807, 2.05) is 6.07 Å². The van der Waals surface area contributed by atoms with Crippen LogP contribution in [0.1, 0.15) is 30.9 Å². The second-order valence-corrected chi connectivity index (χ2v) is 3.65. The van der Waals surface area contributed by atoms with Gasteiger partial charge in [0.05, 0.1) is 0 Å². The Morgan fingerprint density at radius 1 is 1.21 bits per heavy atom. The summed E-state index contributed by atoms with van der Waals surface area (Å²) in [6.45, 7) is 2.15. The first-order valence-corrected chi connectivity index (χ1v) is 5.13. The first-order valence-electron chi connectivity index (χ1n) is 5.13. The van der Waals surface area contributed by atoms with E-state index >= 15 is 0 Å².